The third-order valence-electron chi connectivity index (χ3n) is 2.46. The monoisotopic (exact) mass is 173 g/mol. The molecule has 3 nitrogen and oxygen atoms in total. The van der Waals surface area contributed by atoms with Crippen molar-refractivity contribution in [3.63, 3.8) is 0 Å². The number of hydrogen-bond acceptors (Lipinski definition) is 3. The quantitative estimate of drug-likeness (QED) is 0.651. The van der Waals surface area contributed by atoms with Crippen molar-refractivity contribution in [1.29, 1.82) is 0 Å². The summed E-state index contributed by atoms with van der Waals surface area (Å²) < 4.78 is 5.42. The van der Waals surface area contributed by atoms with E-state index in [2.05, 4.69) is 12.2 Å². The van der Waals surface area contributed by atoms with Gasteiger partial charge in [0.05, 0.1) is 6.61 Å². The second-order valence-corrected chi connectivity index (χ2v) is 3.44. The Balaban J connectivity index is 2.44. The first-order valence-electron chi connectivity index (χ1n) is 4.76. The van der Waals surface area contributed by atoms with E-state index in [1.807, 2.05) is 0 Å². The summed E-state index contributed by atoms with van der Waals surface area (Å²) in [5.74, 6) is 0. The van der Waals surface area contributed by atoms with Crippen molar-refractivity contribution >= 4 is 0 Å². The molecule has 1 saturated heterocycles. The van der Waals surface area contributed by atoms with Crippen LogP contribution in [0.1, 0.15) is 26.2 Å². The second-order valence-electron chi connectivity index (χ2n) is 3.44. The van der Waals surface area contributed by atoms with Gasteiger partial charge in [-0.2, -0.15) is 0 Å². The minimum absolute atomic E-state index is 0.0573. The summed E-state index contributed by atoms with van der Waals surface area (Å²) in [4.78, 5) is 0. The van der Waals surface area contributed by atoms with E-state index in [-0.39, 0.29) is 12.1 Å². The predicted octanol–water partition coefficient (Wildman–Crippen LogP) is 0.527. The summed E-state index contributed by atoms with van der Waals surface area (Å²) in [7, 11) is 0. The van der Waals surface area contributed by atoms with Crippen LogP contribution in [0.5, 0.6) is 0 Å². The van der Waals surface area contributed by atoms with Crippen molar-refractivity contribution in [2.75, 3.05) is 26.4 Å². The van der Waals surface area contributed by atoms with Crippen LogP contribution < -0.4 is 5.32 Å². The van der Waals surface area contributed by atoms with Gasteiger partial charge in [-0.1, -0.05) is 6.92 Å². The van der Waals surface area contributed by atoms with E-state index in [0.717, 1.165) is 39.0 Å². The molecule has 0 bridgehead atoms. The van der Waals surface area contributed by atoms with Gasteiger partial charge < -0.3 is 15.2 Å². The zero-order valence-electron chi connectivity index (χ0n) is 7.81. The highest BCUT2D eigenvalue weighted by Gasteiger charge is 2.30. The van der Waals surface area contributed by atoms with Crippen LogP contribution in [0, 0.1) is 0 Å². The molecule has 1 aliphatic heterocycles. The molecule has 0 aromatic rings. The van der Waals surface area contributed by atoms with Crippen molar-refractivity contribution in [1.82, 2.24) is 5.32 Å². The molecular formula is C9H19NO2. The number of nitrogens with one attached hydrogen (secondary N) is 1. The third-order valence-corrected chi connectivity index (χ3v) is 2.46. The Morgan fingerprint density at radius 2 is 2.42 bits per heavy atom. The van der Waals surface area contributed by atoms with Crippen LogP contribution in [0.4, 0.5) is 0 Å². The summed E-state index contributed by atoms with van der Waals surface area (Å²) in [6.45, 7) is 4.91. The third kappa shape index (κ3) is 2.44. The molecule has 1 unspecified atom stereocenters. The fraction of sp³-hybridized carbons (Fsp3) is 1.00. The van der Waals surface area contributed by atoms with Gasteiger partial charge in [-0.3, -0.25) is 0 Å². The Morgan fingerprint density at radius 3 is 2.92 bits per heavy atom. The van der Waals surface area contributed by atoms with Gasteiger partial charge >= 0.3 is 0 Å². The fourth-order valence-corrected chi connectivity index (χ4v) is 1.87. The molecule has 0 radical (unpaired) electrons. The summed E-state index contributed by atoms with van der Waals surface area (Å²) in [5.41, 5.74) is 0.0573. The number of aliphatic hydroxyl groups is 1. The lowest BCUT2D eigenvalue weighted by Crippen LogP contribution is -2.52. The molecule has 1 atom stereocenters. The Hall–Kier alpha value is -0.120. The maximum Gasteiger partial charge on any atom is 0.0649 e. The number of ether oxygens (including phenoxy) is 1. The van der Waals surface area contributed by atoms with Crippen molar-refractivity contribution < 1.29 is 9.84 Å². The van der Waals surface area contributed by atoms with E-state index in [9.17, 15) is 0 Å². The van der Waals surface area contributed by atoms with Crippen LogP contribution >= 0.6 is 0 Å². The molecule has 0 spiro atoms. The van der Waals surface area contributed by atoms with E-state index in [0.29, 0.717) is 0 Å². The maximum absolute atomic E-state index is 8.91. The summed E-state index contributed by atoms with van der Waals surface area (Å²) in [6, 6.07) is 0. The summed E-state index contributed by atoms with van der Waals surface area (Å²) >= 11 is 0. The molecule has 0 saturated carbocycles. The molecular weight excluding hydrogens is 154 g/mol. The minimum atomic E-state index is 0.0573. The number of aliphatic hydroxyl groups excluding tert-OH is 1. The summed E-state index contributed by atoms with van der Waals surface area (Å²) in [6.07, 6.45) is 3.04. The zero-order chi connectivity index (χ0) is 8.86. The fourth-order valence-electron chi connectivity index (χ4n) is 1.87. The molecule has 1 aliphatic rings. The van der Waals surface area contributed by atoms with E-state index >= 15 is 0 Å². The zero-order valence-corrected chi connectivity index (χ0v) is 7.81. The highest BCUT2D eigenvalue weighted by Crippen LogP contribution is 2.22. The smallest absolute Gasteiger partial charge is 0.0649 e. The van der Waals surface area contributed by atoms with Gasteiger partial charge in [0.1, 0.15) is 0 Å². The Morgan fingerprint density at radius 1 is 1.58 bits per heavy atom. The lowest BCUT2D eigenvalue weighted by Gasteiger charge is -2.37. The van der Waals surface area contributed by atoms with Crippen molar-refractivity contribution in [2.45, 2.75) is 31.7 Å². The average molecular weight is 173 g/mol. The van der Waals surface area contributed by atoms with Crippen LogP contribution in [0.15, 0.2) is 0 Å². The molecule has 0 aromatic heterocycles. The second kappa shape index (κ2) is 4.80. The van der Waals surface area contributed by atoms with Crippen LogP contribution in [-0.2, 0) is 4.74 Å². The average Bonchev–Trinajstić information content (AvgIpc) is 2.07. The normalized spacial score (nSPS) is 30.5. The molecule has 2 N–H and O–H groups in total. The van der Waals surface area contributed by atoms with Crippen LogP contribution in [0.2, 0.25) is 0 Å². The lowest BCUT2D eigenvalue weighted by atomic mass is 9.89. The number of hydrogen-bond donors (Lipinski definition) is 2. The Kier molecular flexibility index (Phi) is 3.98. The number of rotatable bonds is 4. The SMILES string of the molecule is CCNC1(CCO)CCCOC1. The van der Waals surface area contributed by atoms with Gasteiger partial charge in [0, 0.05) is 18.8 Å². The van der Waals surface area contributed by atoms with Crippen LogP contribution in [0.3, 0.4) is 0 Å². The van der Waals surface area contributed by atoms with Crippen molar-refractivity contribution in [3.05, 3.63) is 0 Å². The predicted molar refractivity (Wildman–Crippen MR) is 48.2 cm³/mol. The maximum atomic E-state index is 8.91. The van der Waals surface area contributed by atoms with Crippen molar-refractivity contribution in [2.24, 2.45) is 0 Å². The highest BCUT2D eigenvalue weighted by molar-refractivity contribution is 4.89. The molecule has 1 heterocycles. The van der Waals surface area contributed by atoms with Crippen molar-refractivity contribution in [3.8, 4) is 0 Å². The van der Waals surface area contributed by atoms with E-state index in [4.69, 9.17) is 9.84 Å². The molecule has 0 aromatic carbocycles. The van der Waals surface area contributed by atoms with Crippen LogP contribution in [-0.4, -0.2) is 37.0 Å². The van der Waals surface area contributed by atoms with Gasteiger partial charge in [-0.05, 0) is 25.8 Å². The van der Waals surface area contributed by atoms with Gasteiger partial charge in [0.2, 0.25) is 0 Å². The molecule has 3 heteroatoms. The van der Waals surface area contributed by atoms with Crippen LogP contribution in [0.25, 0.3) is 0 Å². The standard InChI is InChI=1S/C9H19NO2/c1-2-10-9(5-6-11)4-3-7-12-8-9/h10-11H,2-8H2,1H3. The highest BCUT2D eigenvalue weighted by atomic mass is 16.5. The first-order valence-corrected chi connectivity index (χ1v) is 4.76. The summed E-state index contributed by atoms with van der Waals surface area (Å²) in [5, 5.41) is 12.3. The Labute approximate surface area is 74.1 Å². The molecule has 0 amide bonds. The minimum Gasteiger partial charge on any atom is -0.396 e. The molecule has 1 rings (SSSR count). The van der Waals surface area contributed by atoms with E-state index < -0.39 is 0 Å². The molecule has 12 heavy (non-hydrogen) atoms. The van der Waals surface area contributed by atoms with E-state index in [1.165, 1.54) is 0 Å². The molecule has 1 fully saturated rings. The first-order chi connectivity index (χ1) is 5.83. The molecule has 72 valence electrons. The largest absolute Gasteiger partial charge is 0.396 e. The van der Waals surface area contributed by atoms with Gasteiger partial charge in [-0.15, -0.1) is 0 Å². The first kappa shape index (κ1) is 9.96. The van der Waals surface area contributed by atoms with E-state index in [1.54, 1.807) is 0 Å². The van der Waals surface area contributed by atoms with Gasteiger partial charge in [-0.25, -0.2) is 0 Å². The topological polar surface area (TPSA) is 41.5 Å². The lowest BCUT2D eigenvalue weighted by molar-refractivity contribution is 0.00959. The number of likely N-dealkylation sites (N-methyl/N-ethyl adjacent to an activating group) is 1. The Bertz CT molecular complexity index is 106. The van der Waals surface area contributed by atoms with Gasteiger partial charge in [0.15, 0.2) is 0 Å². The molecule has 0 aliphatic carbocycles. The van der Waals surface area contributed by atoms with Gasteiger partial charge in [0.25, 0.3) is 0 Å².